The Morgan fingerprint density at radius 2 is 1.95 bits per heavy atom. The molecule has 0 aromatic heterocycles. The van der Waals surface area contributed by atoms with Gasteiger partial charge in [-0.05, 0) is 31.7 Å². The molecule has 0 fully saturated rings. The van der Waals surface area contributed by atoms with Crippen LogP contribution in [0.15, 0.2) is 36.4 Å². The summed E-state index contributed by atoms with van der Waals surface area (Å²) in [5, 5.41) is 12.0. The third-order valence-electron chi connectivity index (χ3n) is 3.55. The molecule has 0 saturated heterocycles. The van der Waals surface area contributed by atoms with E-state index in [1.54, 1.807) is 11.0 Å². The average molecular weight is 306 g/mol. The van der Waals surface area contributed by atoms with Gasteiger partial charge < -0.3 is 10.0 Å². The van der Waals surface area contributed by atoms with E-state index in [-0.39, 0.29) is 17.7 Å². The van der Waals surface area contributed by atoms with Crippen molar-refractivity contribution in [1.29, 1.82) is 0 Å². The minimum absolute atomic E-state index is 0.0506. The van der Waals surface area contributed by atoms with E-state index >= 15 is 0 Å². The fourth-order valence-corrected chi connectivity index (χ4v) is 2.53. The van der Waals surface area contributed by atoms with Crippen LogP contribution in [0.3, 0.4) is 0 Å². The highest BCUT2D eigenvalue weighted by molar-refractivity contribution is 6.17. The van der Waals surface area contributed by atoms with Crippen LogP contribution >= 0.6 is 11.6 Å². The van der Waals surface area contributed by atoms with Crippen molar-refractivity contribution in [2.24, 2.45) is 0 Å². The van der Waals surface area contributed by atoms with E-state index in [9.17, 15) is 9.90 Å². The Labute approximate surface area is 130 Å². The molecular weight excluding hydrogens is 286 g/mol. The summed E-state index contributed by atoms with van der Waals surface area (Å²) in [6, 6.07) is 11.1. The van der Waals surface area contributed by atoms with Crippen LogP contribution < -0.4 is 0 Å². The third-order valence-corrected chi connectivity index (χ3v) is 3.82. The van der Waals surface area contributed by atoms with Gasteiger partial charge in [-0.2, -0.15) is 0 Å². The van der Waals surface area contributed by atoms with Crippen molar-refractivity contribution in [1.82, 2.24) is 4.90 Å². The van der Waals surface area contributed by atoms with Crippen LogP contribution in [0.1, 0.15) is 30.6 Å². The number of aromatic hydroxyl groups is 1. The zero-order chi connectivity index (χ0) is 15.4. The lowest BCUT2D eigenvalue weighted by atomic mass is 10.0. The number of phenolic OH excluding ortho intramolecular Hbond substituents is 1. The number of phenols is 1. The van der Waals surface area contributed by atoms with Crippen LogP contribution in [0.2, 0.25) is 0 Å². The van der Waals surface area contributed by atoms with E-state index in [0.29, 0.717) is 23.4 Å². The smallest absolute Gasteiger partial charge is 0.257 e. The molecule has 0 unspecified atom stereocenters. The molecule has 0 aliphatic rings. The van der Waals surface area contributed by atoms with Gasteiger partial charge in [0.25, 0.3) is 5.91 Å². The highest BCUT2D eigenvalue weighted by atomic mass is 35.5. The molecule has 1 amide bonds. The Bertz CT molecular complexity index is 640. The second-order valence-corrected chi connectivity index (χ2v) is 5.70. The average Bonchev–Trinajstić information content (AvgIpc) is 2.47. The minimum atomic E-state index is -0.154. The number of halogens is 1. The second-order valence-electron chi connectivity index (χ2n) is 5.32. The molecular formula is C17H20ClNO2. The largest absolute Gasteiger partial charge is 0.506 e. The molecule has 0 atom stereocenters. The normalized spacial score (nSPS) is 11.0. The Morgan fingerprint density at radius 3 is 2.62 bits per heavy atom. The Balaban J connectivity index is 2.39. The van der Waals surface area contributed by atoms with Crippen LogP contribution in [0.4, 0.5) is 0 Å². The molecule has 4 heteroatoms. The molecule has 0 aliphatic carbocycles. The molecule has 21 heavy (non-hydrogen) atoms. The summed E-state index contributed by atoms with van der Waals surface area (Å²) in [5.41, 5.74) is 0.344. The van der Waals surface area contributed by atoms with Gasteiger partial charge in [-0.15, -0.1) is 11.6 Å². The standard InChI is InChI=1S/C17H20ClNO2/c1-12(2)19(11-5-10-18)17(21)15-9-8-13-6-3-4-7-14(13)16(15)20/h3-4,6-9,12,20H,5,10-11H2,1-2H3. The van der Waals surface area contributed by atoms with Crippen molar-refractivity contribution in [3.05, 3.63) is 42.0 Å². The lowest BCUT2D eigenvalue weighted by Gasteiger charge is -2.27. The number of rotatable bonds is 5. The van der Waals surface area contributed by atoms with Crippen LogP contribution in [0.25, 0.3) is 10.8 Å². The summed E-state index contributed by atoms with van der Waals surface area (Å²) < 4.78 is 0. The number of hydrogen-bond donors (Lipinski definition) is 1. The maximum Gasteiger partial charge on any atom is 0.257 e. The van der Waals surface area contributed by atoms with Crippen molar-refractivity contribution in [2.75, 3.05) is 12.4 Å². The SMILES string of the molecule is CC(C)N(CCCCl)C(=O)c1ccc2ccccc2c1O. The molecule has 1 N–H and O–H groups in total. The van der Waals surface area contributed by atoms with Crippen molar-refractivity contribution < 1.29 is 9.90 Å². The second kappa shape index (κ2) is 6.81. The van der Waals surface area contributed by atoms with Crippen molar-refractivity contribution in [2.45, 2.75) is 26.3 Å². The van der Waals surface area contributed by atoms with Crippen LogP contribution in [-0.4, -0.2) is 34.4 Å². The highest BCUT2D eigenvalue weighted by Crippen LogP contribution is 2.29. The number of carbonyl (C=O) groups excluding carboxylic acids is 1. The van der Waals surface area contributed by atoms with E-state index in [1.807, 2.05) is 44.2 Å². The summed E-state index contributed by atoms with van der Waals surface area (Å²) >= 11 is 5.72. The van der Waals surface area contributed by atoms with Gasteiger partial charge in [-0.1, -0.05) is 30.3 Å². The molecule has 2 aromatic rings. The van der Waals surface area contributed by atoms with Gasteiger partial charge in [-0.25, -0.2) is 0 Å². The van der Waals surface area contributed by atoms with E-state index in [0.717, 1.165) is 11.8 Å². The molecule has 0 heterocycles. The monoisotopic (exact) mass is 305 g/mol. The molecule has 112 valence electrons. The van der Waals surface area contributed by atoms with Gasteiger partial charge in [0, 0.05) is 23.9 Å². The topological polar surface area (TPSA) is 40.5 Å². The van der Waals surface area contributed by atoms with Crippen molar-refractivity contribution in [3.8, 4) is 5.75 Å². The molecule has 2 aromatic carbocycles. The summed E-state index contributed by atoms with van der Waals surface area (Å²) in [6.45, 7) is 4.51. The first-order valence-corrected chi connectivity index (χ1v) is 7.67. The first-order chi connectivity index (χ1) is 10.1. The first-order valence-electron chi connectivity index (χ1n) is 7.14. The van der Waals surface area contributed by atoms with Crippen molar-refractivity contribution >= 4 is 28.3 Å². The summed E-state index contributed by atoms with van der Waals surface area (Å²) in [6.07, 6.45) is 0.736. The van der Waals surface area contributed by atoms with Crippen LogP contribution in [-0.2, 0) is 0 Å². The predicted octanol–water partition coefficient (Wildman–Crippen LogP) is 4.02. The zero-order valence-electron chi connectivity index (χ0n) is 12.3. The Hall–Kier alpha value is -1.74. The predicted molar refractivity (Wildman–Crippen MR) is 87.1 cm³/mol. The van der Waals surface area contributed by atoms with Gasteiger partial charge in [-0.3, -0.25) is 4.79 Å². The van der Waals surface area contributed by atoms with Gasteiger partial charge in [0.1, 0.15) is 5.75 Å². The fraction of sp³-hybridized carbons (Fsp3) is 0.353. The lowest BCUT2D eigenvalue weighted by molar-refractivity contribution is 0.0703. The number of benzene rings is 2. The fourth-order valence-electron chi connectivity index (χ4n) is 2.41. The number of hydrogen-bond acceptors (Lipinski definition) is 2. The van der Waals surface area contributed by atoms with Gasteiger partial charge in [0.05, 0.1) is 5.56 Å². The van der Waals surface area contributed by atoms with E-state index < -0.39 is 0 Å². The number of carbonyl (C=O) groups is 1. The van der Waals surface area contributed by atoms with Crippen LogP contribution in [0.5, 0.6) is 5.75 Å². The van der Waals surface area contributed by atoms with Crippen LogP contribution in [0, 0.1) is 0 Å². The van der Waals surface area contributed by atoms with E-state index in [4.69, 9.17) is 11.6 Å². The summed E-state index contributed by atoms with van der Waals surface area (Å²) in [5.74, 6) is 0.410. The molecule has 0 aliphatic heterocycles. The molecule has 0 radical (unpaired) electrons. The Kier molecular flexibility index (Phi) is 5.07. The maximum atomic E-state index is 12.7. The third kappa shape index (κ3) is 3.30. The number of alkyl halides is 1. The number of nitrogens with zero attached hydrogens (tertiary/aromatic N) is 1. The molecule has 0 bridgehead atoms. The summed E-state index contributed by atoms with van der Waals surface area (Å²) in [4.78, 5) is 14.4. The van der Waals surface area contributed by atoms with E-state index in [2.05, 4.69) is 0 Å². The maximum absolute atomic E-state index is 12.7. The minimum Gasteiger partial charge on any atom is -0.506 e. The number of fused-ring (bicyclic) bond motifs is 1. The molecule has 2 rings (SSSR count). The molecule has 0 saturated carbocycles. The Morgan fingerprint density at radius 1 is 1.24 bits per heavy atom. The van der Waals surface area contributed by atoms with Gasteiger partial charge in [0.15, 0.2) is 0 Å². The summed E-state index contributed by atoms with van der Waals surface area (Å²) in [7, 11) is 0. The quantitative estimate of drug-likeness (QED) is 0.847. The number of amides is 1. The van der Waals surface area contributed by atoms with E-state index in [1.165, 1.54) is 0 Å². The zero-order valence-corrected chi connectivity index (χ0v) is 13.1. The molecule has 0 spiro atoms. The van der Waals surface area contributed by atoms with Crippen molar-refractivity contribution in [3.63, 3.8) is 0 Å². The van der Waals surface area contributed by atoms with Gasteiger partial charge in [0.2, 0.25) is 0 Å². The molecule has 3 nitrogen and oxygen atoms in total. The lowest BCUT2D eigenvalue weighted by Crippen LogP contribution is -2.37. The van der Waals surface area contributed by atoms with Gasteiger partial charge >= 0.3 is 0 Å². The first kappa shape index (κ1) is 15.6. The highest BCUT2D eigenvalue weighted by Gasteiger charge is 2.22.